The van der Waals surface area contributed by atoms with Gasteiger partial charge in [0.2, 0.25) is 0 Å². The van der Waals surface area contributed by atoms with Crippen molar-refractivity contribution in [2.75, 3.05) is 13.1 Å². The molecule has 1 nitrogen and oxygen atoms in total. The summed E-state index contributed by atoms with van der Waals surface area (Å²) >= 11 is 0. The summed E-state index contributed by atoms with van der Waals surface area (Å²) in [5.74, 6) is -71.4. The molecule has 76 heavy (non-hydrogen) atoms. The molecule has 5 aromatic rings. The molecule has 0 heterocycles. The van der Waals surface area contributed by atoms with Crippen molar-refractivity contribution >= 4 is 33.7 Å². The summed E-state index contributed by atoms with van der Waals surface area (Å²) in [6.45, 7) is 7.24. The number of nitrogens with one attached hydrogen (secondary N) is 1. The number of unbranched alkanes of at least 4 members (excludes halogenated alkanes) is 18. The first-order valence-electron chi connectivity index (χ1n) is 25.2. The van der Waals surface area contributed by atoms with Gasteiger partial charge in [0, 0.05) is 0 Å². The molecule has 1 N–H and O–H groups in total. The third kappa shape index (κ3) is 13.9. The lowest BCUT2D eigenvalue weighted by Gasteiger charge is -2.44. The summed E-state index contributed by atoms with van der Waals surface area (Å²) in [6, 6.07) is 11.3. The van der Waals surface area contributed by atoms with Gasteiger partial charge in [0.05, 0.1) is 13.1 Å². The second kappa shape index (κ2) is 29.5. The van der Waals surface area contributed by atoms with Gasteiger partial charge in [-0.25, -0.2) is 87.8 Å². The van der Waals surface area contributed by atoms with Gasteiger partial charge in [-0.2, -0.15) is 0 Å². The maximum absolute atomic E-state index is 15.4. The fourth-order valence-electron chi connectivity index (χ4n) is 9.61. The highest BCUT2D eigenvalue weighted by Gasteiger charge is 2.52. The Labute approximate surface area is 427 Å². The zero-order valence-corrected chi connectivity index (χ0v) is 41.6. The molecule has 420 valence electrons. The van der Waals surface area contributed by atoms with E-state index in [1.54, 1.807) is 4.90 Å². The summed E-state index contributed by atoms with van der Waals surface area (Å²) in [5, 5.41) is 0. The predicted octanol–water partition coefficient (Wildman–Crippen LogP) is 14.9. The monoisotopic (exact) mass is 1110 g/mol. The molecular weight excluding hydrogens is 1050 g/mol. The Hall–Kier alpha value is -5.28. The first-order valence-corrected chi connectivity index (χ1v) is 25.2. The van der Waals surface area contributed by atoms with Gasteiger partial charge >= 0.3 is 0 Å². The number of rotatable bonds is 27. The van der Waals surface area contributed by atoms with Gasteiger partial charge in [0.1, 0.15) is 58.4 Å². The smallest absolute Gasteiger partial charge is 0.200 e. The minimum Gasteiger partial charge on any atom is -0.302 e. The maximum Gasteiger partial charge on any atom is 0.200 e. The Bertz CT molecular complexity index is 2310. The van der Waals surface area contributed by atoms with Crippen LogP contribution in [0.15, 0.2) is 30.3 Å². The van der Waals surface area contributed by atoms with Crippen LogP contribution in [0, 0.1) is 116 Å². The van der Waals surface area contributed by atoms with Crippen LogP contribution in [0.5, 0.6) is 0 Å². The first-order chi connectivity index (χ1) is 36.1. The molecule has 0 atom stereocenters. The number of hydrogen-bond acceptors (Lipinski definition) is 0. The molecule has 5 rings (SSSR count). The van der Waals surface area contributed by atoms with Crippen LogP contribution < -0.4 is 26.8 Å². The predicted molar refractivity (Wildman–Crippen MR) is 250 cm³/mol. The molecule has 0 aliphatic heterocycles. The van der Waals surface area contributed by atoms with E-state index in [0.717, 1.165) is 0 Å². The minimum absolute atomic E-state index is 1.32. The highest BCUT2D eigenvalue weighted by molar-refractivity contribution is 7.20. The Kier molecular flexibility index (Phi) is 24.5. The number of para-hydroxylation sites is 1. The first kappa shape index (κ1) is 63.3. The third-order valence-electron chi connectivity index (χ3n) is 13.6. The Morgan fingerprint density at radius 3 is 0.645 bits per heavy atom. The van der Waals surface area contributed by atoms with Gasteiger partial charge in [0.25, 0.3) is 0 Å². The van der Waals surface area contributed by atoms with E-state index >= 15 is 35.1 Å². The number of hydrogen-bond donors (Lipinski definition) is 1. The van der Waals surface area contributed by atoms with Crippen molar-refractivity contribution in [2.45, 2.75) is 142 Å². The molecule has 0 radical (unpaired) electrons. The highest BCUT2D eigenvalue weighted by atomic mass is 19.2. The molecule has 0 saturated heterocycles. The van der Waals surface area contributed by atoms with Crippen LogP contribution in [-0.2, 0) is 0 Å². The van der Waals surface area contributed by atoms with Gasteiger partial charge in [-0.1, -0.05) is 135 Å². The second-order valence-electron chi connectivity index (χ2n) is 18.6. The molecule has 0 aliphatic carbocycles. The van der Waals surface area contributed by atoms with Crippen LogP contribution in [0.1, 0.15) is 142 Å². The van der Waals surface area contributed by atoms with Gasteiger partial charge in [-0.15, -0.1) is 21.9 Å². The largest absolute Gasteiger partial charge is 0.302 e. The average Bonchev–Trinajstić information content (AvgIpc) is 3.50. The topological polar surface area (TPSA) is 4.44 Å². The van der Waals surface area contributed by atoms with Crippen molar-refractivity contribution in [1.29, 1.82) is 0 Å². The lowest BCUT2D eigenvalue weighted by molar-refractivity contribution is -0.833. The second-order valence-corrected chi connectivity index (χ2v) is 18.6. The van der Waals surface area contributed by atoms with Crippen LogP contribution in [0.3, 0.4) is 0 Å². The lowest BCUT2D eigenvalue weighted by Crippen LogP contribution is -3.07. The molecule has 0 spiro atoms. The lowest BCUT2D eigenvalue weighted by atomic mass is 9.12. The summed E-state index contributed by atoms with van der Waals surface area (Å²) in [5.41, 5.74) is -12.8. The fraction of sp³-hybridized carbons (Fsp3) is 0.444. The molecule has 0 aromatic heterocycles. The standard InChI is InChI=1S/C30H55N.C24BF20/c1-3-5-7-9-11-13-15-17-19-24-28-31(30-26-22-21-23-27-30)29-25-20-18-16-14-12-10-8-6-4-2;26-5-1(6(27)14(35)21(42)13(5)34)25(2-7(28)15(36)22(43)16(37)8(2)29,3-9(30)17(38)23(44)18(39)10(3)31)4-11(32)19(40)24(45)20(41)12(4)33/h21-23,26-27H,3-20,24-25,28-29H2,1-2H3;/q;-1/p+1. The summed E-state index contributed by atoms with van der Waals surface area (Å²) < 4.78 is 294. The van der Waals surface area contributed by atoms with E-state index < -0.39 is 144 Å². The van der Waals surface area contributed by atoms with E-state index in [1.165, 1.54) is 147 Å². The number of benzene rings is 5. The Morgan fingerprint density at radius 2 is 0.434 bits per heavy atom. The molecule has 0 aliphatic rings. The maximum atomic E-state index is 15.4. The van der Waals surface area contributed by atoms with Crippen molar-refractivity contribution in [3.63, 3.8) is 0 Å². The molecular formula is C54H56BF20N. The van der Waals surface area contributed by atoms with Gasteiger partial charge < -0.3 is 4.90 Å². The van der Waals surface area contributed by atoms with E-state index in [2.05, 4.69) is 44.2 Å². The van der Waals surface area contributed by atoms with Crippen molar-refractivity contribution in [2.24, 2.45) is 0 Å². The quantitative estimate of drug-likeness (QED) is 0.0176. The van der Waals surface area contributed by atoms with E-state index in [-0.39, 0.29) is 0 Å². The van der Waals surface area contributed by atoms with Crippen molar-refractivity contribution in [1.82, 2.24) is 0 Å². The van der Waals surface area contributed by atoms with Crippen molar-refractivity contribution in [3.05, 3.63) is 147 Å². The van der Waals surface area contributed by atoms with Crippen LogP contribution >= 0.6 is 0 Å². The third-order valence-corrected chi connectivity index (χ3v) is 13.6. The number of halogens is 20. The van der Waals surface area contributed by atoms with Gasteiger partial charge in [0.15, 0.2) is 69.8 Å². The van der Waals surface area contributed by atoms with E-state index in [0.29, 0.717) is 0 Å². The molecule has 5 aromatic carbocycles. The van der Waals surface area contributed by atoms with E-state index in [4.69, 9.17) is 0 Å². The zero-order chi connectivity index (χ0) is 56.6. The molecule has 0 fully saturated rings. The van der Waals surface area contributed by atoms with Crippen LogP contribution in [0.4, 0.5) is 93.5 Å². The highest BCUT2D eigenvalue weighted by Crippen LogP contribution is 2.31. The van der Waals surface area contributed by atoms with E-state index in [9.17, 15) is 52.7 Å². The van der Waals surface area contributed by atoms with Crippen LogP contribution in [-0.4, -0.2) is 19.2 Å². The van der Waals surface area contributed by atoms with Gasteiger partial charge in [-0.3, -0.25) is 0 Å². The SMILES string of the molecule is CCCCCCCCCCCC[NH+](CCCCCCCCCCCC)c1ccccc1.Fc1c(F)c(F)c([B-](c2c(F)c(F)c(F)c(F)c2F)(c2c(F)c(F)c(F)c(F)c2F)c2c(F)c(F)c(F)c(F)c2F)c(F)c1F. The normalized spacial score (nSPS) is 11.8. The molecule has 22 heteroatoms. The summed E-state index contributed by atoms with van der Waals surface area (Å²) in [6.07, 6.45) is 21.4. The van der Waals surface area contributed by atoms with E-state index in [1.807, 2.05) is 0 Å². The molecule has 0 bridgehead atoms. The summed E-state index contributed by atoms with van der Waals surface area (Å²) in [7, 11) is 0. The molecule has 0 saturated carbocycles. The average molecular weight is 1110 g/mol. The Balaban J connectivity index is 0.000000353. The van der Waals surface area contributed by atoms with Crippen molar-refractivity contribution < 1.29 is 92.7 Å². The Morgan fingerprint density at radius 1 is 0.250 bits per heavy atom. The van der Waals surface area contributed by atoms with Crippen LogP contribution in [0.25, 0.3) is 0 Å². The van der Waals surface area contributed by atoms with Crippen LogP contribution in [0.2, 0.25) is 0 Å². The summed E-state index contributed by atoms with van der Waals surface area (Å²) in [4.78, 5) is 1.72. The fourth-order valence-corrected chi connectivity index (χ4v) is 9.61. The minimum atomic E-state index is -7.22. The number of quaternary nitrogens is 1. The molecule has 0 amide bonds. The molecule has 0 unspecified atom stereocenters. The van der Waals surface area contributed by atoms with Crippen molar-refractivity contribution in [3.8, 4) is 0 Å². The van der Waals surface area contributed by atoms with Gasteiger partial charge in [-0.05, 0) is 37.8 Å². The zero-order valence-electron chi connectivity index (χ0n) is 41.6.